The fourth-order valence-electron chi connectivity index (χ4n) is 1.86. The van der Waals surface area contributed by atoms with Crippen molar-refractivity contribution in [2.45, 2.75) is 20.0 Å². The normalized spacial score (nSPS) is 13.7. The molecule has 0 unspecified atom stereocenters. The van der Waals surface area contributed by atoms with Crippen LogP contribution in [0.25, 0.3) is 0 Å². The standard InChI is InChI=1S/C14H11ClF3NO.C3H3NO2S/c1-8-3-4-11(5-9(8)2)20-13-12(15)6-10(7-19-13)14(16,17)18;5-2-1-7-3(6)4-2/h3-7H,1-2H3;1H2,(H,4,5,6). The van der Waals surface area contributed by atoms with Crippen molar-refractivity contribution in [3.8, 4) is 11.6 Å². The topological polar surface area (TPSA) is 68.3 Å². The maximum absolute atomic E-state index is 12.5. The molecule has 0 bridgehead atoms. The molecule has 1 fully saturated rings. The first-order chi connectivity index (χ1) is 12.6. The number of hydrogen-bond donors (Lipinski definition) is 1. The van der Waals surface area contributed by atoms with E-state index in [1.54, 1.807) is 12.1 Å². The Hall–Kier alpha value is -2.26. The second-order valence-corrected chi connectivity index (χ2v) is 6.84. The Morgan fingerprint density at radius 3 is 2.33 bits per heavy atom. The van der Waals surface area contributed by atoms with Gasteiger partial charge in [-0.25, -0.2) is 4.98 Å². The van der Waals surface area contributed by atoms with Crippen molar-refractivity contribution in [2.24, 2.45) is 0 Å². The van der Waals surface area contributed by atoms with E-state index in [1.165, 1.54) is 0 Å². The van der Waals surface area contributed by atoms with Crippen LogP contribution in [0.3, 0.4) is 0 Å². The third kappa shape index (κ3) is 6.14. The fourth-order valence-corrected chi connectivity index (χ4v) is 2.59. The summed E-state index contributed by atoms with van der Waals surface area (Å²) in [6.45, 7) is 3.85. The van der Waals surface area contributed by atoms with Crippen LogP contribution in [-0.2, 0) is 11.0 Å². The van der Waals surface area contributed by atoms with Crippen LogP contribution < -0.4 is 10.1 Å². The number of ether oxygens (including phenoxy) is 1. The smallest absolute Gasteiger partial charge is 0.417 e. The second-order valence-electron chi connectivity index (χ2n) is 5.48. The first-order valence-corrected chi connectivity index (χ1v) is 8.87. The number of nitrogens with zero attached hydrogens (tertiary/aromatic N) is 1. The van der Waals surface area contributed by atoms with Gasteiger partial charge >= 0.3 is 6.18 Å². The Kier molecular flexibility index (Phi) is 6.72. The fraction of sp³-hybridized carbons (Fsp3) is 0.235. The summed E-state index contributed by atoms with van der Waals surface area (Å²) in [4.78, 5) is 23.8. The highest BCUT2D eigenvalue weighted by Gasteiger charge is 2.31. The van der Waals surface area contributed by atoms with Crippen LogP contribution in [0.4, 0.5) is 18.0 Å². The third-order valence-corrected chi connectivity index (χ3v) is 4.45. The van der Waals surface area contributed by atoms with Gasteiger partial charge < -0.3 is 4.74 Å². The van der Waals surface area contributed by atoms with E-state index < -0.39 is 11.7 Å². The summed E-state index contributed by atoms with van der Waals surface area (Å²) in [5.74, 6) is 0.527. The molecule has 27 heavy (non-hydrogen) atoms. The molecule has 1 aliphatic rings. The number of alkyl halides is 3. The van der Waals surface area contributed by atoms with Crippen LogP contribution in [-0.4, -0.2) is 21.9 Å². The van der Waals surface area contributed by atoms with Gasteiger partial charge in [-0.05, 0) is 43.2 Å². The Morgan fingerprint density at radius 2 is 1.89 bits per heavy atom. The summed E-state index contributed by atoms with van der Waals surface area (Å²) in [7, 11) is 0. The van der Waals surface area contributed by atoms with Crippen LogP contribution in [0.1, 0.15) is 16.7 Å². The lowest BCUT2D eigenvalue weighted by Crippen LogP contribution is -2.18. The number of benzene rings is 1. The average molecular weight is 419 g/mol. The maximum Gasteiger partial charge on any atom is 0.417 e. The molecule has 144 valence electrons. The number of aryl methyl sites for hydroxylation is 2. The quantitative estimate of drug-likeness (QED) is 0.732. The van der Waals surface area contributed by atoms with E-state index >= 15 is 0 Å². The maximum atomic E-state index is 12.5. The second kappa shape index (κ2) is 8.62. The van der Waals surface area contributed by atoms with E-state index in [0.717, 1.165) is 29.0 Å². The van der Waals surface area contributed by atoms with Crippen molar-refractivity contribution in [3.63, 3.8) is 0 Å². The Bertz CT molecular complexity index is 861. The molecule has 3 rings (SSSR count). The van der Waals surface area contributed by atoms with E-state index in [1.807, 2.05) is 19.9 Å². The van der Waals surface area contributed by atoms with Gasteiger partial charge in [0.25, 0.3) is 5.24 Å². The lowest BCUT2D eigenvalue weighted by Gasteiger charge is -2.11. The third-order valence-electron chi connectivity index (χ3n) is 3.40. The molecule has 2 aromatic rings. The molecule has 1 aliphatic heterocycles. The van der Waals surface area contributed by atoms with Crippen LogP contribution in [0.2, 0.25) is 5.02 Å². The molecule has 0 aliphatic carbocycles. The zero-order valence-electron chi connectivity index (χ0n) is 14.2. The van der Waals surface area contributed by atoms with Crippen LogP contribution in [0.5, 0.6) is 11.6 Å². The molecule has 1 aromatic carbocycles. The summed E-state index contributed by atoms with van der Waals surface area (Å²) in [5, 5.41) is 1.69. The molecule has 10 heteroatoms. The van der Waals surface area contributed by atoms with Crippen molar-refractivity contribution in [1.82, 2.24) is 10.3 Å². The number of carbonyl (C=O) groups is 2. The van der Waals surface area contributed by atoms with Gasteiger partial charge in [0.15, 0.2) is 0 Å². The molecule has 0 radical (unpaired) electrons. The minimum atomic E-state index is -4.48. The van der Waals surface area contributed by atoms with Gasteiger partial charge in [0.2, 0.25) is 11.8 Å². The van der Waals surface area contributed by atoms with Gasteiger partial charge in [-0.2, -0.15) is 13.2 Å². The summed E-state index contributed by atoms with van der Waals surface area (Å²) in [6.07, 6.45) is -3.78. The highest BCUT2D eigenvalue weighted by Crippen LogP contribution is 2.34. The molecule has 1 aromatic heterocycles. The van der Waals surface area contributed by atoms with Crippen molar-refractivity contribution in [3.05, 3.63) is 52.2 Å². The molecular weight excluding hydrogens is 405 g/mol. The highest BCUT2D eigenvalue weighted by atomic mass is 35.5. The first-order valence-electron chi connectivity index (χ1n) is 7.50. The van der Waals surface area contributed by atoms with Crippen LogP contribution in [0.15, 0.2) is 30.5 Å². The monoisotopic (exact) mass is 418 g/mol. The largest absolute Gasteiger partial charge is 0.438 e. The Morgan fingerprint density at radius 1 is 1.19 bits per heavy atom. The average Bonchev–Trinajstić information content (AvgIpc) is 2.95. The summed E-state index contributed by atoms with van der Waals surface area (Å²) < 4.78 is 42.9. The zero-order chi connectivity index (χ0) is 20.2. The first kappa shape index (κ1) is 21.0. The number of thioether (sulfide) groups is 1. The lowest BCUT2D eigenvalue weighted by atomic mass is 10.1. The van der Waals surface area contributed by atoms with Gasteiger partial charge in [-0.15, -0.1) is 0 Å². The molecule has 2 heterocycles. The van der Waals surface area contributed by atoms with E-state index in [9.17, 15) is 22.8 Å². The summed E-state index contributed by atoms with van der Waals surface area (Å²) >= 11 is 6.77. The summed E-state index contributed by atoms with van der Waals surface area (Å²) in [5.41, 5.74) is 1.18. The number of imide groups is 1. The highest BCUT2D eigenvalue weighted by molar-refractivity contribution is 8.14. The number of amides is 2. The van der Waals surface area contributed by atoms with Gasteiger partial charge in [0, 0.05) is 6.20 Å². The molecule has 1 saturated heterocycles. The van der Waals surface area contributed by atoms with E-state index in [4.69, 9.17) is 16.3 Å². The molecule has 0 spiro atoms. The van der Waals surface area contributed by atoms with E-state index in [2.05, 4.69) is 10.3 Å². The van der Waals surface area contributed by atoms with Gasteiger partial charge in [-0.1, -0.05) is 29.4 Å². The molecular formula is C17H14ClF3N2O3S. The summed E-state index contributed by atoms with van der Waals surface area (Å²) in [6, 6.07) is 6.12. The number of hydrogen-bond acceptors (Lipinski definition) is 5. The molecule has 0 atom stereocenters. The van der Waals surface area contributed by atoms with Crippen LogP contribution >= 0.6 is 23.4 Å². The SMILES string of the molecule is Cc1ccc(Oc2ncc(C(F)(F)F)cc2Cl)cc1C.O=C1CSC(=O)N1. The van der Waals surface area contributed by atoms with Crippen LogP contribution in [0, 0.1) is 13.8 Å². The minimum Gasteiger partial charge on any atom is -0.438 e. The molecule has 0 saturated carbocycles. The predicted octanol–water partition coefficient (Wildman–Crippen LogP) is 5.13. The number of rotatable bonds is 2. The van der Waals surface area contributed by atoms with E-state index in [-0.39, 0.29) is 22.0 Å². The number of nitrogens with one attached hydrogen (secondary N) is 1. The molecule has 5 nitrogen and oxygen atoms in total. The Labute approximate surface area is 162 Å². The van der Waals surface area contributed by atoms with Crippen molar-refractivity contribution in [2.75, 3.05) is 5.75 Å². The molecule has 1 N–H and O–H groups in total. The van der Waals surface area contributed by atoms with Gasteiger partial charge in [-0.3, -0.25) is 14.9 Å². The van der Waals surface area contributed by atoms with E-state index in [0.29, 0.717) is 17.7 Å². The number of halogens is 4. The Balaban J connectivity index is 0.000000313. The number of carbonyl (C=O) groups excluding carboxylic acids is 2. The predicted molar refractivity (Wildman–Crippen MR) is 96.2 cm³/mol. The van der Waals surface area contributed by atoms with Gasteiger partial charge in [0.05, 0.1) is 11.3 Å². The lowest BCUT2D eigenvalue weighted by molar-refractivity contribution is -0.137. The van der Waals surface area contributed by atoms with Crippen molar-refractivity contribution < 1.29 is 27.5 Å². The van der Waals surface area contributed by atoms with Crippen molar-refractivity contribution >= 4 is 34.5 Å². The zero-order valence-corrected chi connectivity index (χ0v) is 15.8. The number of pyridine rings is 1. The minimum absolute atomic E-state index is 0.0529. The number of aromatic nitrogens is 1. The molecule has 2 amide bonds. The van der Waals surface area contributed by atoms with Gasteiger partial charge in [0.1, 0.15) is 10.8 Å². The van der Waals surface area contributed by atoms with Crippen molar-refractivity contribution in [1.29, 1.82) is 0 Å².